The van der Waals surface area contributed by atoms with E-state index in [1.54, 1.807) is 12.3 Å². The van der Waals surface area contributed by atoms with Gasteiger partial charge in [-0.05, 0) is 30.7 Å². The Hall–Kier alpha value is -1.55. The summed E-state index contributed by atoms with van der Waals surface area (Å²) >= 11 is 5.77. The molecule has 1 heterocycles. The van der Waals surface area contributed by atoms with Gasteiger partial charge in [0, 0.05) is 24.3 Å². The number of rotatable bonds is 4. The maximum atomic E-state index is 13.1. The van der Waals surface area contributed by atoms with Gasteiger partial charge in [0.15, 0.2) is 0 Å². The highest BCUT2D eigenvalue weighted by molar-refractivity contribution is 6.30. The van der Waals surface area contributed by atoms with E-state index in [-0.39, 0.29) is 5.82 Å². The molecule has 5 heteroatoms. The van der Waals surface area contributed by atoms with Gasteiger partial charge < -0.3 is 5.32 Å². The fraction of sp³-hybridized carbons (Fsp3) is 0.250. The normalized spacial score (nSPS) is 10.5. The first-order chi connectivity index (χ1) is 8.17. The SMILES string of the molecule is CCn1cc(NCc2cc(F)cc(Cl)c2)cn1. The average Bonchev–Trinajstić information content (AvgIpc) is 2.73. The number of nitrogens with one attached hydrogen (secondary N) is 1. The van der Waals surface area contributed by atoms with Gasteiger partial charge in [-0.1, -0.05) is 11.6 Å². The Morgan fingerprint density at radius 2 is 2.24 bits per heavy atom. The van der Waals surface area contributed by atoms with Crippen molar-refractivity contribution in [2.45, 2.75) is 20.0 Å². The molecule has 0 saturated carbocycles. The maximum absolute atomic E-state index is 13.1. The molecule has 0 aliphatic rings. The lowest BCUT2D eigenvalue weighted by atomic mass is 10.2. The van der Waals surface area contributed by atoms with E-state index in [2.05, 4.69) is 10.4 Å². The minimum absolute atomic E-state index is 0.321. The van der Waals surface area contributed by atoms with Crippen molar-refractivity contribution in [1.29, 1.82) is 0 Å². The Labute approximate surface area is 104 Å². The lowest BCUT2D eigenvalue weighted by Gasteiger charge is -2.04. The van der Waals surface area contributed by atoms with E-state index >= 15 is 0 Å². The Morgan fingerprint density at radius 3 is 2.88 bits per heavy atom. The lowest BCUT2D eigenvalue weighted by molar-refractivity contribution is 0.626. The highest BCUT2D eigenvalue weighted by atomic mass is 35.5. The monoisotopic (exact) mass is 253 g/mol. The van der Waals surface area contributed by atoms with Gasteiger partial charge in [-0.2, -0.15) is 5.10 Å². The zero-order valence-corrected chi connectivity index (χ0v) is 10.2. The van der Waals surface area contributed by atoms with Gasteiger partial charge in [0.2, 0.25) is 0 Å². The fourth-order valence-corrected chi connectivity index (χ4v) is 1.79. The minimum atomic E-state index is -0.321. The molecule has 0 aliphatic heterocycles. The number of aryl methyl sites for hydroxylation is 1. The molecule has 0 aliphatic carbocycles. The molecule has 1 N–H and O–H groups in total. The molecule has 90 valence electrons. The van der Waals surface area contributed by atoms with Crippen LogP contribution >= 0.6 is 11.6 Å². The third-order valence-electron chi connectivity index (χ3n) is 2.38. The van der Waals surface area contributed by atoms with E-state index in [4.69, 9.17) is 11.6 Å². The Balaban J connectivity index is 2.01. The first-order valence-electron chi connectivity index (χ1n) is 5.38. The molecule has 0 atom stereocenters. The average molecular weight is 254 g/mol. The summed E-state index contributed by atoms with van der Waals surface area (Å²) in [7, 11) is 0. The number of benzene rings is 1. The van der Waals surface area contributed by atoms with E-state index < -0.39 is 0 Å². The van der Waals surface area contributed by atoms with E-state index in [9.17, 15) is 4.39 Å². The molecule has 0 bridgehead atoms. The molecular formula is C12H13ClFN3. The second-order valence-corrected chi connectivity index (χ2v) is 4.15. The van der Waals surface area contributed by atoms with E-state index in [0.29, 0.717) is 11.6 Å². The summed E-state index contributed by atoms with van der Waals surface area (Å²) in [4.78, 5) is 0. The molecule has 0 amide bonds. The molecule has 2 aromatic rings. The third-order valence-corrected chi connectivity index (χ3v) is 2.59. The van der Waals surface area contributed by atoms with Crippen LogP contribution < -0.4 is 5.32 Å². The molecule has 1 aromatic carbocycles. The second kappa shape index (κ2) is 5.19. The summed E-state index contributed by atoms with van der Waals surface area (Å²) in [5.74, 6) is -0.321. The standard InChI is InChI=1S/C12H13ClFN3/c1-2-17-8-12(7-16-17)15-6-9-3-10(13)5-11(14)4-9/h3-5,7-8,15H,2,6H2,1H3. The van der Waals surface area contributed by atoms with Crippen molar-refractivity contribution < 1.29 is 4.39 Å². The maximum Gasteiger partial charge on any atom is 0.125 e. The van der Waals surface area contributed by atoms with Crippen LogP contribution in [0.4, 0.5) is 10.1 Å². The van der Waals surface area contributed by atoms with E-state index in [0.717, 1.165) is 17.8 Å². The van der Waals surface area contributed by atoms with Crippen molar-refractivity contribution in [3.05, 3.63) is 47.0 Å². The third kappa shape index (κ3) is 3.20. The van der Waals surface area contributed by atoms with E-state index in [1.807, 2.05) is 17.8 Å². The Morgan fingerprint density at radius 1 is 1.41 bits per heavy atom. The summed E-state index contributed by atoms with van der Waals surface area (Å²) in [6.07, 6.45) is 3.64. The molecule has 17 heavy (non-hydrogen) atoms. The lowest BCUT2D eigenvalue weighted by Crippen LogP contribution is -1.99. The quantitative estimate of drug-likeness (QED) is 0.906. The van der Waals surface area contributed by atoms with E-state index in [1.165, 1.54) is 12.1 Å². The van der Waals surface area contributed by atoms with Crippen molar-refractivity contribution in [1.82, 2.24) is 9.78 Å². The first kappa shape index (κ1) is 11.9. The predicted octanol–water partition coefficient (Wildman–Crippen LogP) is 3.31. The van der Waals surface area contributed by atoms with Crippen LogP contribution in [0, 0.1) is 5.82 Å². The van der Waals surface area contributed by atoms with Gasteiger partial charge in [-0.15, -0.1) is 0 Å². The Bertz CT molecular complexity index is 490. The number of anilines is 1. The second-order valence-electron chi connectivity index (χ2n) is 3.72. The predicted molar refractivity (Wildman–Crippen MR) is 66.6 cm³/mol. The van der Waals surface area contributed by atoms with Gasteiger partial charge in [-0.25, -0.2) is 4.39 Å². The van der Waals surface area contributed by atoms with Crippen molar-refractivity contribution in [3.8, 4) is 0 Å². The zero-order valence-electron chi connectivity index (χ0n) is 9.45. The fourth-order valence-electron chi connectivity index (χ4n) is 1.54. The molecular weight excluding hydrogens is 241 g/mol. The summed E-state index contributed by atoms with van der Waals surface area (Å²) in [6, 6.07) is 4.49. The summed E-state index contributed by atoms with van der Waals surface area (Å²) in [5.41, 5.74) is 1.71. The van der Waals surface area contributed by atoms with Crippen LogP contribution in [0.1, 0.15) is 12.5 Å². The van der Waals surface area contributed by atoms with Gasteiger partial charge >= 0.3 is 0 Å². The van der Waals surface area contributed by atoms with Gasteiger partial charge in [0.25, 0.3) is 0 Å². The van der Waals surface area contributed by atoms with Crippen LogP contribution in [0.5, 0.6) is 0 Å². The largest absolute Gasteiger partial charge is 0.378 e. The molecule has 0 fully saturated rings. The Kier molecular flexibility index (Phi) is 3.64. The number of hydrogen-bond donors (Lipinski definition) is 1. The topological polar surface area (TPSA) is 29.9 Å². The molecule has 0 saturated heterocycles. The van der Waals surface area contributed by atoms with Crippen molar-refractivity contribution in [3.63, 3.8) is 0 Å². The van der Waals surface area contributed by atoms with Crippen LogP contribution in [-0.2, 0) is 13.1 Å². The highest BCUT2D eigenvalue weighted by Gasteiger charge is 2.01. The molecule has 0 radical (unpaired) electrons. The smallest absolute Gasteiger partial charge is 0.125 e. The van der Waals surface area contributed by atoms with Crippen LogP contribution in [0.2, 0.25) is 5.02 Å². The van der Waals surface area contributed by atoms with Gasteiger partial charge in [0.05, 0.1) is 11.9 Å². The van der Waals surface area contributed by atoms with Crippen molar-refractivity contribution in [2.24, 2.45) is 0 Å². The van der Waals surface area contributed by atoms with Gasteiger partial charge in [0.1, 0.15) is 5.82 Å². The zero-order chi connectivity index (χ0) is 12.3. The van der Waals surface area contributed by atoms with Crippen molar-refractivity contribution in [2.75, 3.05) is 5.32 Å². The molecule has 0 unspecified atom stereocenters. The number of nitrogens with zero attached hydrogens (tertiary/aromatic N) is 2. The van der Waals surface area contributed by atoms with Crippen LogP contribution in [-0.4, -0.2) is 9.78 Å². The highest BCUT2D eigenvalue weighted by Crippen LogP contribution is 2.15. The molecule has 3 nitrogen and oxygen atoms in total. The van der Waals surface area contributed by atoms with Crippen molar-refractivity contribution >= 4 is 17.3 Å². The number of aromatic nitrogens is 2. The first-order valence-corrected chi connectivity index (χ1v) is 5.76. The van der Waals surface area contributed by atoms with Crippen LogP contribution in [0.25, 0.3) is 0 Å². The summed E-state index contributed by atoms with van der Waals surface area (Å²) in [5, 5.41) is 7.71. The molecule has 1 aromatic heterocycles. The van der Waals surface area contributed by atoms with Crippen LogP contribution in [0.15, 0.2) is 30.6 Å². The summed E-state index contributed by atoms with van der Waals surface area (Å²) in [6.45, 7) is 3.36. The number of halogens is 2. The molecule has 0 spiro atoms. The number of hydrogen-bond acceptors (Lipinski definition) is 2. The minimum Gasteiger partial charge on any atom is -0.378 e. The van der Waals surface area contributed by atoms with Crippen LogP contribution in [0.3, 0.4) is 0 Å². The summed E-state index contributed by atoms with van der Waals surface area (Å²) < 4.78 is 14.9. The van der Waals surface area contributed by atoms with Gasteiger partial charge in [-0.3, -0.25) is 4.68 Å². The molecule has 2 rings (SSSR count).